The first-order valence-electron chi connectivity index (χ1n) is 6.24. The van der Waals surface area contributed by atoms with Crippen LogP contribution in [0.15, 0.2) is 18.2 Å². The Morgan fingerprint density at radius 3 is 2.45 bits per heavy atom. The normalized spacial score (nSPS) is 26.6. The zero-order valence-corrected chi connectivity index (χ0v) is 11.8. The predicted molar refractivity (Wildman–Crippen MR) is 70.5 cm³/mol. The molecule has 1 saturated carbocycles. The molecule has 1 aliphatic heterocycles. The van der Waals surface area contributed by atoms with Crippen LogP contribution in [0.4, 0.5) is 0 Å². The maximum atomic E-state index is 11.9. The molecule has 1 aromatic rings. The van der Waals surface area contributed by atoms with Gasteiger partial charge in [0.2, 0.25) is 6.79 Å². The summed E-state index contributed by atoms with van der Waals surface area (Å²) in [5, 5.41) is 18.3. The Kier molecular flexibility index (Phi) is 2.97. The molecule has 3 rings (SSSR count). The second-order valence-electron chi connectivity index (χ2n) is 5.39. The van der Waals surface area contributed by atoms with Gasteiger partial charge in [-0.1, -0.05) is 6.07 Å². The zero-order valence-electron chi connectivity index (χ0n) is 10.9. The molecule has 20 heavy (non-hydrogen) atoms. The SMILES string of the molecule is CS(=O)(=O)[C@H]1[C@@H](c2ccc3c(c2)OCO3)C1(CO)CO. The van der Waals surface area contributed by atoms with Gasteiger partial charge in [-0.25, -0.2) is 8.42 Å². The second-order valence-corrected chi connectivity index (χ2v) is 7.56. The summed E-state index contributed by atoms with van der Waals surface area (Å²) in [6.45, 7) is -0.606. The highest BCUT2D eigenvalue weighted by Crippen LogP contribution is 2.62. The van der Waals surface area contributed by atoms with Gasteiger partial charge < -0.3 is 19.7 Å². The molecular weight excluding hydrogens is 284 g/mol. The molecule has 1 fully saturated rings. The quantitative estimate of drug-likeness (QED) is 0.806. The van der Waals surface area contributed by atoms with Crippen molar-refractivity contribution in [3.8, 4) is 11.5 Å². The molecular formula is C13H16O6S. The first-order chi connectivity index (χ1) is 9.44. The predicted octanol–water partition coefficient (Wildman–Crippen LogP) is -0.103. The lowest BCUT2D eigenvalue weighted by Crippen LogP contribution is -2.22. The monoisotopic (exact) mass is 300 g/mol. The van der Waals surface area contributed by atoms with Gasteiger partial charge in [-0.3, -0.25) is 0 Å². The molecule has 1 aliphatic carbocycles. The summed E-state index contributed by atoms with van der Waals surface area (Å²) < 4.78 is 34.2. The van der Waals surface area contributed by atoms with Crippen LogP contribution in [0.3, 0.4) is 0 Å². The molecule has 1 heterocycles. The fraction of sp³-hybridized carbons (Fsp3) is 0.538. The van der Waals surface area contributed by atoms with Crippen molar-refractivity contribution < 1.29 is 28.1 Å². The van der Waals surface area contributed by atoms with Gasteiger partial charge in [0.25, 0.3) is 0 Å². The molecule has 0 amide bonds. The Labute approximate surface area is 116 Å². The molecule has 0 bridgehead atoms. The third-order valence-electron chi connectivity index (χ3n) is 4.19. The fourth-order valence-electron chi connectivity index (χ4n) is 3.17. The summed E-state index contributed by atoms with van der Waals surface area (Å²) in [5.41, 5.74) is -0.283. The summed E-state index contributed by atoms with van der Waals surface area (Å²) >= 11 is 0. The van der Waals surface area contributed by atoms with E-state index in [2.05, 4.69) is 0 Å². The molecule has 0 aromatic heterocycles. The van der Waals surface area contributed by atoms with E-state index >= 15 is 0 Å². The molecule has 6 nitrogen and oxygen atoms in total. The van der Waals surface area contributed by atoms with Gasteiger partial charge >= 0.3 is 0 Å². The largest absolute Gasteiger partial charge is 0.454 e. The highest BCUT2D eigenvalue weighted by molar-refractivity contribution is 7.91. The van der Waals surface area contributed by atoms with Crippen LogP contribution in [-0.2, 0) is 9.84 Å². The Balaban J connectivity index is 2.01. The van der Waals surface area contributed by atoms with E-state index < -0.39 is 26.4 Å². The summed E-state index contributed by atoms with van der Waals surface area (Å²) in [7, 11) is -3.36. The first kappa shape index (κ1) is 13.7. The number of benzene rings is 1. The smallest absolute Gasteiger partial charge is 0.231 e. The Hall–Kier alpha value is -1.31. The topological polar surface area (TPSA) is 93.1 Å². The minimum absolute atomic E-state index is 0.143. The van der Waals surface area contributed by atoms with Crippen LogP contribution in [0.2, 0.25) is 0 Å². The minimum atomic E-state index is -3.36. The Bertz CT molecular complexity index is 634. The van der Waals surface area contributed by atoms with E-state index in [0.717, 1.165) is 11.8 Å². The molecule has 0 spiro atoms. The number of rotatable bonds is 4. The van der Waals surface area contributed by atoms with E-state index in [1.165, 1.54) is 0 Å². The van der Waals surface area contributed by atoms with Crippen molar-refractivity contribution in [2.45, 2.75) is 11.2 Å². The van der Waals surface area contributed by atoms with Crippen LogP contribution in [-0.4, -0.2) is 50.1 Å². The van der Waals surface area contributed by atoms with E-state index in [1.807, 2.05) is 0 Å². The van der Waals surface area contributed by atoms with Gasteiger partial charge in [-0.15, -0.1) is 0 Å². The number of fused-ring (bicyclic) bond motifs is 1. The summed E-state index contributed by atoms with van der Waals surface area (Å²) in [6.07, 6.45) is 1.13. The minimum Gasteiger partial charge on any atom is -0.454 e. The molecule has 0 saturated heterocycles. The fourth-order valence-corrected chi connectivity index (χ4v) is 5.16. The summed E-state index contributed by atoms with van der Waals surface area (Å²) in [5.74, 6) is 0.748. The number of hydrogen-bond acceptors (Lipinski definition) is 6. The molecule has 2 atom stereocenters. The molecule has 2 aliphatic rings. The maximum Gasteiger partial charge on any atom is 0.231 e. The Morgan fingerprint density at radius 1 is 1.25 bits per heavy atom. The molecule has 0 unspecified atom stereocenters. The van der Waals surface area contributed by atoms with Gasteiger partial charge in [-0.05, 0) is 17.7 Å². The van der Waals surface area contributed by atoms with Gasteiger partial charge in [-0.2, -0.15) is 0 Å². The molecule has 1 aromatic carbocycles. The Morgan fingerprint density at radius 2 is 1.90 bits per heavy atom. The van der Waals surface area contributed by atoms with Crippen LogP contribution in [0, 0.1) is 5.41 Å². The van der Waals surface area contributed by atoms with Crippen LogP contribution in [0.25, 0.3) is 0 Å². The van der Waals surface area contributed by atoms with Crippen molar-refractivity contribution >= 4 is 9.84 Å². The van der Waals surface area contributed by atoms with Crippen molar-refractivity contribution in [1.29, 1.82) is 0 Å². The van der Waals surface area contributed by atoms with E-state index in [0.29, 0.717) is 11.5 Å². The third kappa shape index (κ3) is 1.81. The molecule has 7 heteroatoms. The average Bonchev–Trinajstić information content (AvgIpc) is 2.89. The average molecular weight is 300 g/mol. The lowest BCUT2D eigenvalue weighted by Gasteiger charge is -2.10. The van der Waals surface area contributed by atoms with E-state index in [1.54, 1.807) is 18.2 Å². The zero-order chi connectivity index (χ0) is 14.5. The number of hydrogen-bond donors (Lipinski definition) is 2. The van der Waals surface area contributed by atoms with Crippen molar-refractivity contribution in [2.75, 3.05) is 26.3 Å². The van der Waals surface area contributed by atoms with Crippen LogP contribution >= 0.6 is 0 Å². The number of ether oxygens (including phenoxy) is 2. The van der Waals surface area contributed by atoms with E-state index in [4.69, 9.17) is 9.47 Å². The first-order valence-corrected chi connectivity index (χ1v) is 8.19. The number of aliphatic hydroxyl groups excluding tert-OH is 2. The third-order valence-corrected chi connectivity index (χ3v) is 5.85. The lowest BCUT2D eigenvalue weighted by atomic mass is 10.0. The van der Waals surface area contributed by atoms with E-state index in [-0.39, 0.29) is 20.0 Å². The molecule has 2 N–H and O–H groups in total. The van der Waals surface area contributed by atoms with Crippen LogP contribution in [0.1, 0.15) is 11.5 Å². The van der Waals surface area contributed by atoms with Gasteiger partial charge in [0.05, 0.1) is 18.5 Å². The van der Waals surface area contributed by atoms with Gasteiger partial charge in [0, 0.05) is 17.6 Å². The van der Waals surface area contributed by atoms with Gasteiger partial charge in [0.1, 0.15) is 0 Å². The van der Waals surface area contributed by atoms with Crippen molar-refractivity contribution in [1.82, 2.24) is 0 Å². The highest BCUT2D eigenvalue weighted by Gasteiger charge is 2.69. The van der Waals surface area contributed by atoms with Crippen molar-refractivity contribution in [3.63, 3.8) is 0 Å². The standard InChI is InChI=1S/C13H16O6S/c1-20(16,17)12-11(13(12,5-14)6-15)8-2-3-9-10(4-8)19-7-18-9/h2-4,11-12,14-15H,5-7H2,1H3/t11-,12+/m1/s1. The van der Waals surface area contributed by atoms with Crippen LogP contribution in [0.5, 0.6) is 11.5 Å². The van der Waals surface area contributed by atoms with E-state index in [9.17, 15) is 18.6 Å². The molecule has 110 valence electrons. The van der Waals surface area contributed by atoms with Crippen molar-refractivity contribution in [2.24, 2.45) is 5.41 Å². The molecule has 0 radical (unpaired) electrons. The summed E-state index contributed by atoms with van der Waals surface area (Å²) in [4.78, 5) is 0. The maximum absolute atomic E-state index is 11.9. The number of sulfone groups is 1. The second kappa shape index (κ2) is 4.34. The van der Waals surface area contributed by atoms with Gasteiger partial charge in [0.15, 0.2) is 21.3 Å². The number of aliphatic hydroxyl groups is 2. The highest BCUT2D eigenvalue weighted by atomic mass is 32.2. The lowest BCUT2D eigenvalue weighted by molar-refractivity contribution is 0.130. The van der Waals surface area contributed by atoms with Crippen molar-refractivity contribution in [3.05, 3.63) is 23.8 Å². The summed E-state index contributed by atoms with van der Waals surface area (Å²) in [6, 6.07) is 5.19. The van der Waals surface area contributed by atoms with Crippen LogP contribution < -0.4 is 9.47 Å².